The quantitative estimate of drug-likeness (QED) is 0.382. The van der Waals surface area contributed by atoms with Crippen LogP contribution in [0, 0.1) is 0 Å². The van der Waals surface area contributed by atoms with E-state index < -0.39 is 0 Å². The fourth-order valence-electron chi connectivity index (χ4n) is 3.29. The second kappa shape index (κ2) is 9.61. The van der Waals surface area contributed by atoms with Crippen LogP contribution in [0.5, 0.6) is 11.5 Å². The van der Waals surface area contributed by atoms with Crippen molar-refractivity contribution in [2.45, 2.75) is 19.9 Å². The van der Waals surface area contributed by atoms with Crippen LogP contribution in [0.25, 0.3) is 10.2 Å². The Morgan fingerprint density at radius 3 is 2.87 bits per heavy atom. The highest BCUT2D eigenvalue weighted by atomic mass is 32.1. The van der Waals surface area contributed by atoms with Crippen molar-refractivity contribution in [2.24, 2.45) is 0 Å². The molecular weight excluding hydrogens is 412 g/mol. The number of hydrogen-bond donors (Lipinski definition) is 0. The van der Waals surface area contributed by atoms with Crippen LogP contribution in [-0.4, -0.2) is 40.7 Å². The van der Waals surface area contributed by atoms with Crippen molar-refractivity contribution in [1.82, 2.24) is 14.5 Å². The number of carbonyl (C=O) groups excluding carboxylic acids is 1. The van der Waals surface area contributed by atoms with E-state index >= 15 is 0 Å². The summed E-state index contributed by atoms with van der Waals surface area (Å²) in [7, 11) is 1.59. The number of thiazole rings is 1. The van der Waals surface area contributed by atoms with Crippen molar-refractivity contribution in [3.05, 3.63) is 66.7 Å². The van der Waals surface area contributed by atoms with Gasteiger partial charge in [-0.3, -0.25) is 9.69 Å². The number of rotatable bonds is 9. The molecule has 0 spiro atoms. The van der Waals surface area contributed by atoms with Crippen LogP contribution in [0.2, 0.25) is 0 Å². The van der Waals surface area contributed by atoms with Gasteiger partial charge in [-0.1, -0.05) is 17.4 Å². The predicted octanol–water partition coefficient (Wildman–Crippen LogP) is 4.64. The van der Waals surface area contributed by atoms with Crippen molar-refractivity contribution in [3.8, 4) is 11.5 Å². The van der Waals surface area contributed by atoms with Crippen LogP contribution >= 0.6 is 11.3 Å². The van der Waals surface area contributed by atoms with Gasteiger partial charge < -0.3 is 14.0 Å². The molecule has 160 valence electrons. The smallest absolute Gasteiger partial charge is 0.260 e. The van der Waals surface area contributed by atoms with Crippen molar-refractivity contribution < 1.29 is 14.3 Å². The first-order valence-electron chi connectivity index (χ1n) is 10.1. The molecule has 4 rings (SSSR count). The van der Waals surface area contributed by atoms with Crippen molar-refractivity contribution >= 4 is 32.6 Å². The molecule has 0 aliphatic rings. The van der Waals surface area contributed by atoms with E-state index in [0.29, 0.717) is 29.6 Å². The lowest BCUT2D eigenvalue weighted by Crippen LogP contribution is -2.32. The van der Waals surface area contributed by atoms with Gasteiger partial charge in [-0.15, -0.1) is 0 Å². The molecule has 0 unspecified atom stereocenters. The van der Waals surface area contributed by atoms with Gasteiger partial charge in [-0.2, -0.15) is 0 Å². The minimum Gasteiger partial charge on any atom is -0.497 e. The molecule has 0 saturated carbocycles. The lowest BCUT2D eigenvalue weighted by Gasteiger charge is -2.20. The first-order chi connectivity index (χ1) is 15.2. The maximum Gasteiger partial charge on any atom is 0.260 e. The maximum atomic E-state index is 13.4. The molecule has 2 aromatic carbocycles. The summed E-state index contributed by atoms with van der Waals surface area (Å²) in [6.45, 7) is 3.86. The van der Waals surface area contributed by atoms with Crippen molar-refractivity contribution in [1.29, 1.82) is 0 Å². The zero-order valence-corrected chi connectivity index (χ0v) is 18.3. The standard InChI is InChI=1S/C23H24N4O3S/c1-3-30-19-8-9-20-21(15-19)31-23(25-20)27(12-5-11-26-13-10-24-16-26)22(28)17-6-4-7-18(14-17)29-2/h4,6-10,13-16H,3,5,11-12H2,1-2H3. The summed E-state index contributed by atoms with van der Waals surface area (Å²) in [5.41, 5.74) is 1.41. The van der Waals surface area contributed by atoms with E-state index in [9.17, 15) is 4.79 Å². The third-order valence-electron chi connectivity index (χ3n) is 4.81. The van der Waals surface area contributed by atoms with E-state index in [1.807, 2.05) is 48.0 Å². The Balaban J connectivity index is 1.63. The fourth-order valence-corrected chi connectivity index (χ4v) is 4.31. The van der Waals surface area contributed by atoms with Gasteiger partial charge >= 0.3 is 0 Å². The maximum absolute atomic E-state index is 13.4. The molecule has 8 heteroatoms. The van der Waals surface area contributed by atoms with Gasteiger partial charge in [-0.05, 0) is 49.7 Å². The van der Waals surface area contributed by atoms with E-state index in [1.165, 1.54) is 11.3 Å². The topological polar surface area (TPSA) is 69.5 Å². The van der Waals surface area contributed by atoms with E-state index in [-0.39, 0.29) is 5.91 Å². The van der Waals surface area contributed by atoms with Crippen LogP contribution in [0.3, 0.4) is 0 Å². The Bertz CT molecular complexity index is 1160. The molecule has 1 amide bonds. The summed E-state index contributed by atoms with van der Waals surface area (Å²) < 4.78 is 13.9. The molecule has 0 aliphatic carbocycles. The van der Waals surface area contributed by atoms with E-state index in [2.05, 4.69) is 4.98 Å². The number of benzene rings is 2. The predicted molar refractivity (Wildman–Crippen MR) is 122 cm³/mol. The van der Waals surface area contributed by atoms with Gasteiger partial charge in [0, 0.05) is 31.0 Å². The monoisotopic (exact) mass is 436 g/mol. The molecule has 7 nitrogen and oxygen atoms in total. The van der Waals surface area contributed by atoms with Crippen LogP contribution in [0.1, 0.15) is 23.7 Å². The summed E-state index contributed by atoms with van der Waals surface area (Å²) in [5.74, 6) is 1.35. The minimum atomic E-state index is -0.103. The number of ether oxygens (including phenoxy) is 2. The molecular formula is C23H24N4O3S. The van der Waals surface area contributed by atoms with E-state index in [0.717, 1.165) is 28.9 Å². The zero-order chi connectivity index (χ0) is 21.6. The number of aromatic nitrogens is 3. The molecule has 0 radical (unpaired) electrons. The Hall–Kier alpha value is -3.39. The summed E-state index contributed by atoms with van der Waals surface area (Å²) in [5, 5.41) is 0.669. The Kier molecular flexibility index (Phi) is 6.47. The molecule has 2 heterocycles. The Morgan fingerprint density at radius 1 is 1.19 bits per heavy atom. The van der Waals surface area contributed by atoms with Gasteiger partial charge in [-0.25, -0.2) is 9.97 Å². The lowest BCUT2D eigenvalue weighted by molar-refractivity contribution is 0.0986. The van der Waals surface area contributed by atoms with Crippen molar-refractivity contribution in [3.63, 3.8) is 0 Å². The summed E-state index contributed by atoms with van der Waals surface area (Å²) in [4.78, 5) is 24.0. The largest absolute Gasteiger partial charge is 0.497 e. The summed E-state index contributed by atoms with van der Waals surface area (Å²) in [6, 6.07) is 13.0. The highest BCUT2D eigenvalue weighted by Gasteiger charge is 2.22. The van der Waals surface area contributed by atoms with E-state index in [4.69, 9.17) is 14.5 Å². The van der Waals surface area contributed by atoms with Crippen molar-refractivity contribution in [2.75, 3.05) is 25.2 Å². The second-order valence-corrected chi connectivity index (χ2v) is 7.91. The SMILES string of the molecule is CCOc1ccc2nc(N(CCCn3ccnc3)C(=O)c3cccc(OC)c3)sc2c1. The number of hydrogen-bond acceptors (Lipinski definition) is 6. The molecule has 2 aromatic heterocycles. The van der Waals surface area contributed by atoms with Crippen LogP contribution < -0.4 is 14.4 Å². The number of aryl methyl sites for hydroxylation is 1. The number of nitrogens with zero attached hydrogens (tertiary/aromatic N) is 4. The van der Waals surface area contributed by atoms with Crippen LogP contribution in [-0.2, 0) is 6.54 Å². The first-order valence-corrected chi connectivity index (χ1v) is 10.9. The zero-order valence-electron chi connectivity index (χ0n) is 17.5. The van der Waals surface area contributed by atoms with Gasteiger partial charge in [0.15, 0.2) is 5.13 Å². The van der Waals surface area contributed by atoms with Gasteiger partial charge in [0.25, 0.3) is 5.91 Å². The average Bonchev–Trinajstić information content (AvgIpc) is 3.46. The second-order valence-electron chi connectivity index (χ2n) is 6.90. The highest BCUT2D eigenvalue weighted by Crippen LogP contribution is 2.32. The van der Waals surface area contributed by atoms with Crippen LogP contribution in [0.4, 0.5) is 5.13 Å². The fraction of sp³-hybridized carbons (Fsp3) is 0.261. The molecule has 0 bridgehead atoms. The molecule has 0 fully saturated rings. The minimum absolute atomic E-state index is 0.103. The Labute approximate surface area is 184 Å². The third-order valence-corrected chi connectivity index (χ3v) is 5.85. The first kappa shape index (κ1) is 20.9. The third kappa shape index (κ3) is 4.86. The number of anilines is 1. The average molecular weight is 437 g/mol. The molecule has 0 N–H and O–H groups in total. The number of fused-ring (bicyclic) bond motifs is 1. The van der Waals surface area contributed by atoms with Gasteiger partial charge in [0.2, 0.25) is 0 Å². The molecule has 31 heavy (non-hydrogen) atoms. The number of methoxy groups -OCH3 is 1. The Morgan fingerprint density at radius 2 is 2.10 bits per heavy atom. The molecule has 0 aliphatic heterocycles. The van der Waals surface area contributed by atoms with E-state index in [1.54, 1.807) is 36.7 Å². The summed E-state index contributed by atoms with van der Waals surface area (Å²) in [6.07, 6.45) is 6.22. The summed E-state index contributed by atoms with van der Waals surface area (Å²) >= 11 is 1.49. The molecule has 0 atom stereocenters. The lowest BCUT2D eigenvalue weighted by atomic mass is 10.2. The normalized spacial score (nSPS) is 10.9. The highest BCUT2D eigenvalue weighted by molar-refractivity contribution is 7.22. The van der Waals surface area contributed by atoms with Gasteiger partial charge in [0.05, 0.1) is 30.3 Å². The van der Waals surface area contributed by atoms with Gasteiger partial charge in [0.1, 0.15) is 11.5 Å². The number of imidazole rings is 1. The van der Waals surface area contributed by atoms with Crippen LogP contribution in [0.15, 0.2) is 61.2 Å². The molecule has 0 saturated heterocycles. The number of carbonyl (C=O) groups is 1. The molecule has 4 aromatic rings. The number of amides is 1.